The molecular weight excluding hydrogens is 316 g/mol. The molecule has 1 saturated heterocycles. The predicted molar refractivity (Wildman–Crippen MR) is 89.1 cm³/mol. The average Bonchev–Trinajstić information content (AvgIpc) is 2.86. The molecule has 7 heteroatoms. The molecule has 0 unspecified atom stereocenters. The van der Waals surface area contributed by atoms with E-state index < -0.39 is 10.0 Å². The molecule has 2 rings (SSSR count). The van der Waals surface area contributed by atoms with Gasteiger partial charge in [0.1, 0.15) is 11.5 Å². The van der Waals surface area contributed by atoms with E-state index in [0.29, 0.717) is 17.9 Å². The lowest BCUT2D eigenvalue weighted by atomic mass is 10.0. The number of nitrogens with one attached hydrogen (secondary N) is 1. The number of amides is 1. The monoisotopic (exact) mass is 342 g/mol. The summed E-state index contributed by atoms with van der Waals surface area (Å²) in [5, 5.41) is 0. The average molecular weight is 342 g/mol. The fraction of sp³-hybridized carbons (Fsp3) is 0.688. The lowest BCUT2D eigenvalue weighted by Crippen LogP contribution is -2.49. The van der Waals surface area contributed by atoms with Crippen molar-refractivity contribution in [1.29, 1.82) is 0 Å². The molecule has 0 radical (unpaired) electrons. The van der Waals surface area contributed by atoms with E-state index >= 15 is 0 Å². The van der Waals surface area contributed by atoms with Gasteiger partial charge in [0.15, 0.2) is 0 Å². The smallest absolute Gasteiger partial charge is 0.257 e. The first kappa shape index (κ1) is 18.0. The number of nitrogens with zero attached hydrogens (tertiary/aromatic N) is 1. The molecule has 1 fully saturated rings. The van der Waals surface area contributed by atoms with E-state index in [1.807, 2.05) is 19.9 Å². The van der Waals surface area contributed by atoms with E-state index in [-0.39, 0.29) is 24.4 Å². The summed E-state index contributed by atoms with van der Waals surface area (Å²) in [6.45, 7) is 6.75. The van der Waals surface area contributed by atoms with Crippen LogP contribution < -0.4 is 4.72 Å². The van der Waals surface area contributed by atoms with E-state index in [1.54, 1.807) is 11.8 Å². The zero-order valence-corrected chi connectivity index (χ0v) is 15.1. The molecule has 23 heavy (non-hydrogen) atoms. The Balaban J connectivity index is 2.17. The largest absolute Gasteiger partial charge is 0.465 e. The van der Waals surface area contributed by atoms with Gasteiger partial charge in [-0.3, -0.25) is 4.79 Å². The lowest BCUT2D eigenvalue weighted by Gasteiger charge is -2.35. The molecule has 2 heterocycles. The standard InChI is InChI=1S/C16H26N2O4S/c1-11(2)15-9-14(12(3)22-15)16(19)18-8-6-5-7-13(18)10-17-23(4,20)21/h9,11,13,17H,5-8,10H2,1-4H3/t13-/m0/s1. The summed E-state index contributed by atoms with van der Waals surface area (Å²) in [6.07, 6.45) is 3.88. The molecule has 1 aromatic heterocycles. The minimum Gasteiger partial charge on any atom is -0.465 e. The van der Waals surface area contributed by atoms with Gasteiger partial charge in [0.25, 0.3) is 5.91 Å². The number of hydrogen-bond donors (Lipinski definition) is 1. The molecule has 6 nitrogen and oxygen atoms in total. The van der Waals surface area contributed by atoms with Crippen molar-refractivity contribution in [2.75, 3.05) is 19.3 Å². The number of carbonyl (C=O) groups excluding carboxylic acids is 1. The highest BCUT2D eigenvalue weighted by atomic mass is 32.2. The quantitative estimate of drug-likeness (QED) is 0.890. The highest BCUT2D eigenvalue weighted by Gasteiger charge is 2.30. The Kier molecular flexibility index (Phi) is 5.52. The molecule has 0 aliphatic carbocycles. The second-order valence-electron chi connectivity index (χ2n) is 6.54. The molecule has 0 aromatic carbocycles. The van der Waals surface area contributed by atoms with Crippen molar-refractivity contribution >= 4 is 15.9 Å². The summed E-state index contributed by atoms with van der Waals surface area (Å²) in [4.78, 5) is 14.7. The maximum Gasteiger partial charge on any atom is 0.257 e. The maximum absolute atomic E-state index is 12.9. The topological polar surface area (TPSA) is 79.6 Å². The molecule has 1 aromatic rings. The van der Waals surface area contributed by atoms with Crippen molar-refractivity contribution in [3.8, 4) is 0 Å². The molecule has 0 bridgehead atoms. The van der Waals surface area contributed by atoms with Crippen LogP contribution in [0, 0.1) is 6.92 Å². The molecule has 0 saturated carbocycles. The minimum atomic E-state index is -3.26. The maximum atomic E-state index is 12.9. The van der Waals surface area contributed by atoms with E-state index in [0.717, 1.165) is 31.3 Å². The second kappa shape index (κ2) is 7.05. The number of likely N-dealkylation sites (tertiary alicyclic amines) is 1. The molecule has 1 N–H and O–H groups in total. The molecule has 1 atom stereocenters. The Hall–Kier alpha value is -1.34. The Bertz CT molecular complexity index is 664. The molecule has 1 aliphatic rings. The van der Waals surface area contributed by atoms with Gasteiger partial charge >= 0.3 is 0 Å². The van der Waals surface area contributed by atoms with Gasteiger partial charge in [-0.05, 0) is 32.3 Å². The van der Waals surface area contributed by atoms with Gasteiger partial charge in [0.05, 0.1) is 11.8 Å². The van der Waals surface area contributed by atoms with E-state index in [4.69, 9.17) is 4.42 Å². The third-order valence-electron chi connectivity index (χ3n) is 4.21. The van der Waals surface area contributed by atoms with Crippen LogP contribution in [0.1, 0.15) is 60.9 Å². The Morgan fingerprint density at radius 3 is 2.70 bits per heavy atom. The number of piperidine rings is 1. The van der Waals surface area contributed by atoms with Crippen molar-refractivity contribution in [3.05, 3.63) is 23.2 Å². The van der Waals surface area contributed by atoms with Gasteiger partial charge in [-0.15, -0.1) is 0 Å². The fourth-order valence-corrected chi connectivity index (χ4v) is 3.38. The first-order valence-corrected chi connectivity index (χ1v) is 9.94. The van der Waals surface area contributed by atoms with Crippen molar-refractivity contribution in [2.24, 2.45) is 0 Å². The second-order valence-corrected chi connectivity index (χ2v) is 8.38. The summed E-state index contributed by atoms with van der Waals surface area (Å²) < 4.78 is 30.8. The van der Waals surface area contributed by atoms with Gasteiger partial charge in [0, 0.05) is 25.0 Å². The summed E-state index contributed by atoms with van der Waals surface area (Å²) in [5.41, 5.74) is 0.583. The molecular formula is C16H26N2O4S. The first-order valence-electron chi connectivity index (χ1n) is 8.05. The first-order chi connectivity index (χ1) is 10.7. The van der Waals surface area contributed by atoms with E-state index in [2.05, 4.69) is 4.72 Å². The van der Waals surface area contributed by atoms with Gasteiger partial charge < -0.3 is 9.32 Å². The van der Waals surface area contributed by atoms with Crippen molar-refractivity contribution in [1.82, 2.24) is 9.62 Å². The SMILES string of the molecule is Cc1oc(C(C)C)cc1C(=O)N1CCCC[C@H]1CNS(C)(=O)=O. The van der Waals surface area contributed by atoms with Crippen LogP contribution >= 0.6 is 0 Å². The van der Waals surface area contributed by atoms with Crippen LogP contribution in [-0.4, -0.2) is 44.6 Å². The summed E-state index contributed by atoms with van der Waals surface area (Å²) in [5.74, 6) is 1.57. The summed E-state index contributed by atoms with van der Waals surface area (Å²) in [6, 6.07) is 1.71. The Labute approximate surface area is 138 Å². The normalized spacial score (nSPS) is 19.3. The van der Waals surface area contributed by atoms with Crippen molar-refractivity contribution in [2.45, 2.75) is 52.0 Å². The number of aryl methyl sites for hydroxylation is 1. The van der Waals surface area contributed by atoms with Gasteiger partial charge in [0.2, 0.25) is 10.0 Å². The number of hydrogen-bond acceptors (Lipinski definition) is 4. The van der Waals surface area contributed by atoms with Crippen LogP contribution in [0.2, 0.25) is 0 Å². The number of furan rings is 1. The highest BCUT2D eigenvalue weighted by Crippen LogP contribution is 2.25. The highest BCUT2D eigenvalue weighted by molar-refractivity contribution is 7.88. The predicted octanol–water partition coefficient (Wildman–Crippen LogP) is 2.26. The Morgan fingerprint density at radius 1 is 1.43 bits per heavy atom. The van der Waals surface area contributed by atoms with Crippen LogP contribution in [0.25, 0.3) is 0 Å². The van der Waals surface area contributed by atoms with Crippen LogP contribution in [0.15, 0.2) is 10.5 Å². The zero-order valence-electron chi connectivity index (χ0n) is 14.3. The number of sulfonamides is 1. The Morgan fingerprint density at radius 2 is 2.13 bits per heavy atom. The van der Waals surface area contributed by atoms with Crippen LogP contribution in [0.3, 0.4) is 0 Å². The number of carbonyl (C=O) groups is 1. The van der Waals surface area contributed by atoms with Crippen LogP contribution in [0.5, 0.6) is 0 Å². The summed E-state index contributed by atoms with van der Waals surface area (Å²) in [7, 11) is -3.26. The molecule has 1 aliphatic heterocycles. The van der Waals surface area contributed by atoms with Gasteiger partial charge in [-0.2, -0.15) is 0 Å². The van der Waals surface area contributed by atoms with Crippen LogP contribution in [-0.2, 0) is 10.0 Å². The third-order valence-corrected chi connectivity index (χ3v) is 4.90. The zero-order chi connectivity index (χ0) is 17.2. The minimum absolute atomic E-state index is 0.0712. The molecule has 0 spiro atoms. The van der Waals surface area contributed by atoms with Crippen molar-refractivity contribution in [3.63, 3.8) is 0 Å². The van der Waals surface area contributed by atoms with Gasteiger partial charge in [-0.25, -0.2) is 13.1 Å². The molecule has 1 amide bonds. The fourth-order valence-electron chi connectivity index (χ4n) is 2.88. The van der Waals surface area contributed by atoms with E-state index in [9.17, 15) is 13.2 Å². The van der Waals surface area contributed by atoms with Crippen LogP contribution in [0.4, 0.5) is 0 Å². The van der Waals surface area contributed by atoms with Gasteiger partial charge in [-0.1, -0.05) is 13.8 Å². The van der Waals surface area contributed by atoms with Crippen molar-refractivity contribution < 1.29 is 17.6 Å². The lowest BCUT2D eigenvalue weighted by molar-refractivity contribution is 0.0617. The van der Waals surface area contributed by atoms with E-state index in [1.165, 1.54) is 0 Å². The molecule has 130 valence electrons. The third kappa shape index (κ3) is 4.57. The summed E-state index contributed by atoms with van der Waals surface area (Å²) >= 11 is 0. The number of rotatable bonds is 5.